The summed E-state index contributed by atoms with van der Waals surface area (Å²) in [6, 6.07) is 26.1. The number of nitriles is 2. The summed E-state index contributed by atoms with van der Waals surface area (Å²) in [7, 11) is -14.6. The van der Waals surface area contributed by atoms with Gasteiger partial charge in [0.15, 0.2) is 16.6 Å². The molecule has 7 aromatic rings. The van der Waals surface area contributed by atoms with Gasteiger partial charge in [0.1, 0.15) is 43.1 Å². The van der Waals surface area contributed by atoms with Gasteiger partial charge < -0.3 is 16.4 Å². The van der Waals surface area contributed by atoms with E-state index < -0.39 is 45.0 Å². The zero-order valence-corrected chi connectivity index (χ0v) is 37.4. The molecule has 0 amide bonds. The predicted octanol–water partition coefficient (Wildman–Crippen LogP) is 11.0. The number of thiophene rings is 1. The van der Waals surface area contributed by atoms with E-state index in [2.05, 4.69) is 48.2 Å². The van der Waals surface area contributed by atoms with Crippen molar-refractivity contribution in [1.29, 1.82) is 10.5 Å². The molecule has 0 fully saturated rings. The van der Waals surface area contributed by atoms with Gasteiger partial charge in [0.05, 0.1) is 16.3 Å². The Morgan fingerprint density at radius 3 is 1.91 bits per heavy atom. The number of aromatic nitrogens is 1. The molecule has 2 aromatic heterocycles. The Balaban J connectivity index is 1.39. The van der Waals surface area contributed by atoms with Gasteiger partial charge in [0.25, 0.3) is 30.4 Å². The van der Waals surface area contributed by atoms with Crippen molar-refractivity contribution in [2.45, 2.75) is 21.6 Å². The minimum atomic E-state index is -4.99. The average Bonchev–Trinajstić information content (AvgIpc) is 3.60. The molecule has 0 saturated carbocycles. The summed E-state index contributed by atoms with van der Waals surface area (Å²) >= 11 is 12.9. The Labute approximate surface area is 383 Å². The normalized spacial score (nSPS) is 12.1. The Bertz CT molecular complexity index is 3600. The van der Waals surface area contributed by atoms with Crippen LogP contribution in [0.3, 0.4) is 0 Å². The van der Waals surface area contributed by atoms with Gasteiger partial charge >= 0.3 is 0 Å². The van der Waals surface area contributed by atoms with Gasteiger partial charge in [0.2, 0.25) is 0 Å². The lowest BCUT2D eigenvalue weighted by Gasteiger charge is -2.16. The summed E-state index contributed by atoms with van der Waals surface area (Å²) in [5.41, 5.74) is 7.30. The van der Waals surface area contributed by atoms with E-state index in [1.54, 1.807) is 48.5 Å². The molecule has 5 aromatic carbocycles. The molecule has 0 saturated heterocycles. The van der Waals surface area contributed by atoms with Crippen LogP contribution in [0.2, 0.25) is 10.0 Å². The van der Waals surface area contributed by atoms with Crippen molar-refractivity contribution in [2.75, 3.05) is 16.4 Å². The fraction of sp³-hybridized carbons (Fsp3) is 0.0250. The van der Waals surface area contributed by atoms with E-state index in [1.165, 1.54) is 31.2 Å². The molecule has 2 heterocycles. The van der Waals surface area contributed by atoms with Gasteiger partial charge in [-0.2, -0.15) is 35.8 Å². The zero-order chi connectivity index (χ0) is 47.0. The highest BCUT2D eigenvalue weighted by molar-refractivity contribution is 7.86. The maximum absolute atomic E-state index is 12.5. The van der Waals surface area contributed by atoms with Crippen LogP contribution in [0.15, 0.2) is 132 Å². The first-order valence-electron chi connectivity index (χ1n) is 18.0. The monoisotopic (exact) mass is 988 g/mol. The molecule has 0 unspecified atom stereocenters. The number of halogens is 2. The number of benzene rings is 5. The molecular weight excluding hydrogens is 964 g/mol. The molecular formula is C40H26Cl2N10O9S4. The van der Waals surface area contributed by atoms with E-state index in [0.29, 0.717) is 22.0 Å². The van der Waals surface area contributed by atoms with Crippen LogP contribution in [-0.2, 0) is 30.4 Å². The van der Waals surface area contributed by atoms with Gasteiger partial charge in [-0.3, -0.25) is 13.7 Å². The van der Waals surface area contributed by atoms with Crippen molar-refractivity contribution >= 4 is 126 Å². The Morgan fingerprint density at radius 1 is 0.662 bits per heavy atom. The third kappa shape index (κ3) is 9.93. The molecule has 328 valence electrons. The minimum absolute atomic E-state index is 0.00910. The van der Waals surface area contributed by atoms with Gasteiger partial charge in [0, 0.05) is 44.0 Å². The molecule has 0 atom stereocenters. The highest BCUT2D eigenvalue weighted by atomic mass is 35.5. The van der Waals surface area contributed by atoms with Crippen LogP contribution < -0.4 is 16.4 Å². The van der Waals surface area contributed by atoms with Crippen molar-refractivity contribution < 1.29 is 38.9 Å². The average molecular weight is 990 g/mol. The topological polar surface area (TPSA) is 323 Å². The third-order valence-corrected chi connectivity index (χ3v) is 13.6. The van der Waals surface area contributed by atoms with E-state index in [9.17, 15) is 49.4 Å². The maximum Gasteiger partial charge on any atom is 0.296 e. The summed E-state index contributed by atoms with van der Waals surface area (Å²) in [5.74, 6) is -0.0521. The first-order valence-corrected chi connectivity index (χ1v) is 23.8. The minimum Gasteiger partial charge on any atom is -0.399 e. The van der Waals surface area contributed by atoms with Crippen molar-refractivity contribution in [3.8, 4) is 23.3 Å². The molecule has 0 aliphatic heterocycles. The number of hydrogen-bond acceptors (Lipinski definition) is 17. The molecule has 65 heavy (non-hydrogen) atoms. The molecule has 25 heteroatoms. The van der Waals surface area contributed by atoms with Crippen molar-refractivity contribution in [3.05, 3.63) is 124 Å². The number of azo groups is 2. The second-order valence-corrected chi connectivity index (χ2v) is 19.5. The van der Waals surface area contributed by atoms with E-state index in [4.69, 9.17) is 28.9 Å². The fourth-order valence-corrected chi connectivity index (χ4v) is 9.76. The molecule has 0 radical (unpaired) electrons. The molecule has 0 bridgehead atoms. The van der Waals surface area contributed by atoms with Crippen molar-refractivity contribution in [2.24, 2.45) is 20.5 Å². The number of anilines is 5. The van der Waals surface area contributed by atoms with Crippen LogP contribution >= 0.6 is 34.5 Å². The molecule has 0 spiro atoms. The Hall–Kier alpha value is -6.90. The second kappa shape index (κ2) is 17.9. The first kappa shape index (κ1) is 46.1. The number of nitrogens with one attached hydrogen (secondary N) is 2. The summed E-state index contributed by atoms with van der Waals surface area (Å²) in [6.45, 7) is 1.54. The van der Waals surface area contributed by atoms with Crippen LogP contribution in [0, 0.1) is 29.6 Å². The van der Waals surface area contributed by atoms with Gasteiger partial charge in [-0.1, -0.05) is 58.8 Å². The molecule has 19 nitrogen and oxygen atoms in total. The first-order chi connectivity index (χ1) is 30.7. The standard InChI is InChI=1S/C40H26Cl2N10O9S4/c1-20-29(18-43)37(47-25-13-14-31(42)34(16-25)65(59,60)61)48-38(46-24-11-7-22(41)8-12-24)36(20)50-51-39-30(19-44)35(21-5-9-23(45)10-6-21)40(62-39)52-49-26-15-28-27(33(17-26)64(56,57)58)3-2-4-32(28)63(53,54)55/h2-17H,45H2,1H3,(H2,46,47,48)(H,53,54,55)(H,56,57,58)(H,59,60,61). The van der Waals surface area contributed by atoms with Crippen molar-refractivity contribution in [1.82, 2.24) is 4.98 Å². The SMILES string of the molecule is Cc1c(C#N)c(Nc2ccc(Cl)c(S(=O)(=O)O)c2)nc(Nc2ccc(Cl)cc2)c1N=Nc1sc(N=Nc2cc(S(=O)(=O)O)c3cccc(S(=O)(=O)O)c3c2)c(-c2ccc(N)cc2)c1C#N. The lowest BCUT2D eigenvalue weighted by molar-refractivity contribution is 0.481. The number of fused-ring (bicyclic) bond motifs is 1. The van der Waals surface area contributed by atoms with Crippen LogP contribution in [0.5, 0.6) is 0 Å². The number of nitrogens with two attached hydrogens (primary N) is 1. The smallest absolute Gasteiger partial charge is 0.296 e. The van der Waals surface area contributed by atoms with E-state index >= 15 is 0 Å². The largest absolute Gasteiger partial charge is 0.399 e. The fourth-order valence-electron chi connectivity index (χ4n) is 6.29. The van der Waals surface area contributed by atoms with Crippen LogP contribution in [0.4, 0.5) is 50.1 Å². The lowest BCUT2D eigenvalue weighted by Crippen LogP contribution is -2.05. The summed E-state index contributed by atoms with van der Waals surface area (Å²) in [6.07, 6.45) is 0. The highest BCUT2D eigenvalue weighted by Crippen LogP contribution is 2.49. The third-order valence-electron chi connectivity index (χ3n) is 9.24. The predicted molar refractivity (Wildman–Crippen MR) is 244 cm³/mol. The Morgan fingerprint density at radius 2 is 1.28 bits per heavy atom. The quantitative estimate of drug-likeness (QED) is 0.0376. The van der Waals surface area contributed by atoms with Crippen LogP contribution in [0.1, 0.15) is 16.7 Å². The number of hydrogen-bond donors (Lipinski definition) is 6. The number of nitrogens with zero attached hydrogens (tertiary/aromatic N) is 7. The highest BCUT2D eigenvalue weighted by Gasteiger charge is 2.25. The zero-order valence-electron chi connectivity index (χ0n) is 32.6. The van der Waals surface area contributed by atoms with E-state index in [0.717, 1.165) is 35.6 Å². The van der Waals surface area contributed by atoms with Crippen LogP contribution in [0.25, 0.3) is 21.9 Å². The lowest BCUT2D eigenvalue weighted by atomic mass is 10.0. The van der Waals surface area contributed by atoms with E-state index in [1.807, 2.05) is 0 Å². The molecule has 7 N–H and O–H groups in total. The number of nitrogen functional groups attached to an aromatic ring is 1. The maximum atomic E-state index is 12.5. The van der Waals surface area contributed by atoms with Gasteiger partial charge in [-0.05, 0) is 85.3 Å². The summed E-state index contributed by atoms with van der Waals surface area (Å²) in [4.78, 5) is 2.60. The van der Waals surface area contributed by atoms with Gasteiger partial charge in [-0.15, -0.1) is 20.5 Å². The van der Waals surface area contributed by atoms with Gasteiger partial charge in [-0.25, -0.2) is 4.98 Å². The molecule has 0 aliphatic carbocycles. The van der Waals surface area contributed by atoms with Crippen LogP contribution in [-0.4, -0.2) is 43.9 Å². The Kier molecular flexibility index (Phi) is 12.7. The summed E-state index contributed by atoms with van der Waals surface area (Å²) in [5, 5.41) is 43.9. The number of rotatable bonds is 12. The number of pyridine rings is 1. The van der Waals surface area contributed by atoms with Crippen molar-refractivity contribution in [3.63, 3.8) is 0 Å². The second-order valence-electron chi connectivity index (χ2n) is 13.5. The summed E-state index contributed by atoms with van der Waals surface area (Å²) < 4.78 is 103. The molecule has 7 rings (SSSR count). The van der Waals surface area contributed by atoms with E-state index in [-0.39, 0.29) is 76.7 Å². The molecule has 0 aliphatic rings.